The molecule has 4 heteroatoms. The molecule has 2 saturated heterocycles. The number of allylic oxidation sites excluding steroid dienone is 2. The van der Waals surface area contributed by atoms with E-state index in [0.717, 1.165) is 19.4 Å². The molecule has 0 aromatic heterocycles. The minimum atomic E-state index is -0.0543. The van der Waals surface area contributed by atoms with Crippen LogP contribution in [-0.2, 0) is 14.3 Å². The summed E-state index contributed by atoms with van der Waals surface area (Å²) in [5, 5.41) is 0. The van der Waals surface area contributed by atoms with Gasteiger partial charge in [-0.2, -0.15) is 0 Å². The zero-order chi connectivity index (χ0) is 13.5. The number of hydrogen-bond donors (Lipinski definition) is 0. The lowest BCUT2D eigenvalue weighted by molar-refractivity contribution is -0.143. The fraction of sp³-hybridized carbons (Fsp3) is 0.750. The van der Waals surface area contributed by atoms with Gasteiger partial charge in [0.15, 0.2) is 0 Å². The smallest absolute Gasteiger partial charge is 0.233 e. The van der Waals surface area contributed by atoms with Gasteiger partial charge in [-0.25, -0.2) is 0 Å². The van der Waals surface area contributed by atoms with E-state index in [-0.39, 0.29) is 29.8 Å². The highest BCUT2D eigenvalue weighted by atomic mass is 16.5. The van der Waals surface area contributed by atoms with Crippen molar-refractivity contribution in [1.82, 2.24) is 4.90 Å². The molecule has 4 nitrogen and oxygen atoms in total. The van der Waals surface area contributed by atoms with Crippen molar-refractivity contribution in [2.24, 2.45) is 29.1 Å². The highest BCUT2D eigenvalue weighted by Gasteiger charge is 2.73. The lowest BCUT2D eigenvalue weighted by atomic mass is 9.85. The summed E-state index contributed by atoms with van der Waals surface area (Å²) in [6.45, 7) is 1.25. The largest absolute Gasteiger partial charge is 0.376 e. The summed E-state index contributed by atoms with van der Waals surface area (Å²) < 4.78 is 5.59. The molecule has 2 saturated carbocycles. The molecular formula is C16H19NO3. The highest BCUT2D eigenvalue weighted by molar-refractivity contribution is 6.06. The first-order chi connectivity index (χ1) is 9.72. The van der Waals surface area contributed by atoms with Crippen molar-refractivity contribution in [2.45, 2.75) is 31.8 Å². The maximum atomic E-state index is 12.7. The van der Waals surface area contributed by atoms with Crippen LogP contribution in [0.15, 0.2) is 12.2 Å². The number of carbonyl (C=O) groups excluding carboxylic acids is 2. The number of ether oxygens (including phenoxy) is 1. The third-order valence-electron chi connectivity index (χ3n) is 6.35. The van der Waals surface area contributed by atoms with Gasteiger partial charge in [-0.15, -0.1) is 0 Å². The fourth-order valence-electron chi connectivity index (χ4n) is 5.31. The van der Waals surface area contributed by atoms with E-state index < -0.39 is 0 Å². The molecule has 2 aliphatic heterocycles. The summed E-state index contributed by atoms with van der Waals surface area (Å²) >= 11 is 0. The number of imide groups is 1. The highest BCUT2D eigenvalue weighted by Crippen LogP contribution is 2.73. The Morgan fingerprint density at radius 3 is 2.30 bits per heavy atom. The fourth-order valence-corrected chi connectivity index (χ4v) is 5.31. The number of likely N-dealkylation sites (tertiary alicyclic amines) is 1. The number of fused-ring (bicyclic) bond motifs is 3. The average molecular weight is 273 g/mol. The first-order valence-electron chi connectivity index (χ1n) is 7.87. The van der Waals surface area contributed by atoms with Crippen LogP contribution in [-0.4, -0.2) is 36.0 Å². The van der Waals surface area contributed by atoms with E-state index in [4.69, 9.17) is 4.74 Å². The van der Waals surface area contributed by atoms with Crippen molar-refractivity contribution in [1.29, 1.82) is 0 Å². The van der Waals surface area contributed by atoms with Crippen molar-refractivity contribution in [3.63, 3.8) is 0 Å². The van der Waals surface area contributed by atoms with Gasteiger partial charge in [0.2, 0.25) is 11.8 Å². The molecule has 4 fully saturated rings. The van der Waals surface area contributed by atoms with E-state index >= 15 is 0 Å². The molecule has 0 radical (unpaired) electrons. The predicted octanol–water partition coefficient (Wildman–Crippen LogP) is 1.36. The summed E-state index contributed by atoms with van der Waals surface area (Å²) in [6, 6.07) is 0. The number of hydrogen-bond acceptors (Lipinski definition) is 3. The van der Waals surface area contributed by atoms with Crippen LogP contribution in [0.3, 0.4) is 0 Å². The maximum absolute atomic E-state index is 12.7. The number of nitrogens with zero attached hydrogens (tertiary/aromatic N) is 1. The number of amides is 2. The molecule has 0 unspecified atom stereocenters. The molecule has 0 aromatic carbocycles. The summed E-state index contributed by atoms with van der Waals surface area (Å²) in [7, 11) is 0. The van der Waals surface area contributed by atoms with Gasteiger partial charge < -0.3 is 4.74 Å². The lowest BCUT2D eigenvalue weighted by Crippen LogP contribution is -2.39. The Hall–Kier alpha value is -1.16. The molecule has 2 bridgehead atoms. The molecule has 5 atom stereocenters. The van der Waals surface area contributed by atoms with Crippen LogP contribution in [0.1, 0.15) is 25.7 Å². The Morgan fingerprint density at radius 2 is 1.80 bits per heavy atom. The number of carbonyl (C=O) groups is 2. The van der Waals surface area contributed by atoms with Crippen LogP contribution in [0.25, 0.3) is 0 Å². The first kappa shape index (κ1) is 11.5. The van der Waals surface area contributed by atoms with Gasteiger partial charge in [0, 0.05) is 6.61 Å². The molecule has 20 heavy (non-hydrogen) atoms. The SMILES string of the molecule is O=C1[C@@H]2[C@H](C(=O)N1C[C@@H]1CCCO1)[C@@H]1C=C[C@@H]2C12CC2. The minimum absolute atomic E-state index is 0.0543. The Kier molecular flexibility index (Phi) is 2.03. The molecule has 0 N–H and O–H groups in total. The van der Waals surface area contributed by atoms with Gasteiger partial charge in [-0.05, 0) is 42.9 Å². The second-order valence-corrected chi connectivity index (χ2v) is 7.14. The Balaban J connectivity index is 1.44. The molecule has 3 aliphatic carbocycles. The van der Waals surface area contributed by atoms with E-state index in [9.17, 15) is 9.59 Å². The Bertz CT molecular complexity index is 496. The molecule has 2 heterocycles. The monoisotopic (exact) mass is 273 g/mol. The van der Waals surface area contributed by atoms with Crippen LogP contribution in [0.5, 0.6) is 0 Å². The summed E-state index contributed by atoms with van der Waals surface area (Å²) in [6.07, 6.45) is 8.94. The molecular weight excluding hydrogens is 254 g/mol. The summed E-state index contributed by atoms with van der Waals surface area (Å²) in [5.74, 6) is 0.729. The standard InChI is InChI=1S/C16H19NO3/c18-14-12-10-3-4-11(16(10)5-6-16)13(12)15(19)17(14)8-9-2-1-7-20-9/h3-4,9-13H,1-2,5-8H2/t9-,10-,11-,12-,13+/m0/s1. The van der Waals surface area contributed by atoms with E-state index in [0.29, 0.717) is 23.8 Å². The summed E-state index contributed by atoms with van der Waals surface area (Å²) in [5.41, 5.74) is 0.302. The zero-order valence-corrected chi connectivity index (χ0v) is 11.5. The quantitative estimate of drug-likeness (QED) is 0.564. The van der Waals surface area contributed by atoms with Crippen LogP contribution in [0, 0.1) is 29.1 Å². The molecule has 106 valence electrons. The van der Waals surface area contributed by atoms with Gasteiger partial charge in [0.25, 0.3) is 0 Å². The van der Waals surface area contributed by atoms with Gasteiger partial charge in [-0.1, -0.05) is 12.2 Å². The van der Waals surface area contributed by atoms with Crippen molar-refractivity contribution in [2.75, 3.05) is 13.2 Å². The van der Waals surface area contributed by atoms with Gasteiger partial charge in [0.05, 0.1) is 24.5 Å². The van der Waals surface area contributed by atoms with E-state index in [1.54, 1.807) is 0 Å². The zero-order valence-electron chi connectivity index (χ0n) is 11.5. The van der Waals surface area contributed by atoms with Crippen molar-refractivity contribution < 1.29 is 14.3 Å². The lowest BCUT2D eigenvalue weighted by Gasteiger charge is -2.23. The van der Waals surface area contributed by atoms with Gasteiger partial charge in [-0.3, -0.25) is 14.5 Å². The van der Waals surface area contributed by atoms with Crippen LogP contribution in [0.4, 0.5) is 0 Å². The van der Waals surface area contributed by atoms with E-state index in [1.165, 1.54) is 17.7 Å². The van der Waals surface area contributed by atoms with Crippen LogP contribution < -0.4 is 0 Å². The van der Waals surface area contributed by atoms with Crippen molar-refractivity contribution in [3.05, 3.63) is 12.2 Å². The van der Waals surface area contributed by atoms with Gasteiger partial charge >= 0.3 is 0 Å². The third-order valence-corrected chi connectivity index (χ3v) is 6.35. The molecule has 5 aliphatic rings. The minimum Gasteiger partial charge on any atom is -0.376 e. The van der Waals surface area contributed by atoms with E-state index in [1.807, 2.05) is 0 Å². The normalized spacial score (nSPS) is 46.8. The molecule has 5 rings (SSSR count). The Morgan fingerprint density at radius 1 is 1.15 bits per heavy atom. The van der Waals surface area contributed by atoms with Gasteiger partial charge in [0.1, 0.15) is 0 Å². The van der Waals surface area contributed by atoms with E-state index in [2.05, 4.69) is 12.2 Å². The second kappa shape index (κ2) is 3.53. The maximum Gasteiger partial charge on any atom is 0.233 e. The molecule has 0 aromatic rings. The average Bonchev–Trinajstić information content (AvgIpc) is 2.73. The van der Waals surface area contributed by atoms with Crippen molar-refractivity contribution >= 4 is 11.8 Å². The second-order valence-electron chi connectivity index (χ2n) is 7.14. The predicted molar refractivity (Wildman–Crippen MR) is 70.5 cm³/mol. The van der Waals surface area contributed by atoms with Crippen LogP contribution >= 0.6 is 0 Å². The Labute approximate surface area is 118 Å². The van der Waals surface area contributed by atoms with Crippen molar-refractivity contribution in [3.8, 4) is 0 Å². The third kappa shape index (κ3) is 1.18. The first-order valence-corrected chi connectivity index (χ1v) is 7.87. The topological polar surface area (TPSA) is 46.6 Å². The number of rotatable bonds is 2. The molecule has 2 amide bonds. The molecule has 1 spiro atoms. The summed E-state index contributed by atoms with van der Waals surface area (Å²) in [4.78, 5) is 26.9. The van der Waals surface area contributed by atoms with Crippen LogP contribution in [0.2, 0.25) is 0 Å².